The Morgan fingerprint density at radius 2 is 1.74 bits per heavy atom. The van der Waals surface area contributed by atoms with Gasteiger partial charge in [0.15, 0.2) is 8.32 Å². The summed E-state index contributed by atoms with van der Waals surface area (Å²) in [4.78, 5) is 15.1. The number of aromatic hydroxyl groups is 1. The SMILES string of the molecule is CC(C)(Cc1cccc(CC(=O)NCCCN2CCCC2)c1)NC[C@H](O[Si](C)(C)C(C)(C)C)c1ccc(O)c(CO)c1. The fourth-order valence-corrected chi connectivity index (χ4v) is 6.55. The Morgan fingerprint density at radius 3 is 2.40 bits per heavy atom. The lowest BCUT2D eigenvalue weighted by Crippen LogP contribution is -2.47. The Morgan fingerprint density at radius 1 is 1.05 bits per heavy atom. The van der Waals surface area contributed by atoms with Gasteiger partial charge in [0.25, 0.3) is 0 Å². The van der Waals surface area contributed by atoms with Crippen molar-refractivity contribution in [2.45, 2.75) is 103 Å². The summed E-state index contributed by atoms with van der Waals surface area (Å²) in [5.74, 6) is 0.170. The molecule has 0 radical (unpaired) electrons. The van der Waals surface area contributed by atoms with Gasteiger partial charge in [-0.3, -0.25) is 4.79 Å². The molecule has 234 valence electrons. The van der Waals surface area contributed by atoms with E-state index in [0.29, 0.717) is 18.5 Å². The van der Waals surface area contributed by atoms with Crippen LogP contribution in [0.25, 0.3) is 0 Å². The van der Waals surface area contributed by atoms with Gasteiger partial charge in [-0.2, -0.15) is 0 Å². The Hall–Kier alpha value is -2.23. The minimum atomic E-state index is -2.11. The smallest absolute Gasteiger partial charge is 0.224 e. The normalized spacial score (nSPS) is 15.6. The predicted octanol–water partition coefficient (Wildman–Crippen LogP) is 5.70. The zero-order valence-electron chi connectivity index (χ0n) is 27.1. The Balaban J connectivity index is 1.61. The molecule has 1 heterocycles. The third-order valence-corrected chi connectivity index (χ3v) is 13.3. The van der Waals surface area contributed by atoms with E-state index in [0.717, 1.165) is 37.1 Å². The van der Waals surface area contributed by atoms with Gasteiger partial charge >= 0.3 is 0 Å². The van der Waals surface area contributed by atoms with Crippen LogP contribution < -0.4 is 10.6 Å². The molecule has 1 amide bonds. The Labute approximate surface area is 255 Å². The molecule has 42 heavy (non-hydrogen) atoms. The monoisotopic (exact) mass is 597 g/mol. The van der Waals surface area contributed by atoms with Crippen molar-refractivity contribution in [2.75, 3.05) is 32.7 Å². The number of hydrogen-bond acceptors (Lipinski definition) is 6. The maximum atomic E-state index is 12.6. The molecule has 1 aliphatic heterocycles. The van der Waals surface area contributed by atoms with Crippen molar-refractivity contribution in [2.24, 2.45) is 0 Å². The number of hydrogen-bond donors (Lipinski definition) is 4. The van der Waals surface area contributed by atoms with E-state index >= 15 is 0 Å². The average Bonchev–Trinajstić information content (AvgIpc) is 3.42. The van der Waals surface area contributed by atoms with Crippen molar-refractivity contribution in [1.29, 1.82) is 0 Å². The van der Waals surface area contributed by atoms with Crippen LogP contribution in [0.2, 0.25) is 18.1 Å². The maximum absolute atomic E-state index is 12.6. The van der Waals surface area contributed by atoms with Crippen LogP contribution in [0.5, 0.6) is 5.75 Å². The number of carbonyl (C=O) groups is 1. The largest absolute Gasteiger partial charge is 0.508 e. The van der Waals surface area contributed by atoms with Crippen molar-refractivity contribution in [1.82, 2.24) is 15.5 Å². The molecule has 0 aliphatic carbocycles. The molecule has 0 bridgehead atoms. The lowest BCUT2D eigenvalue weighted by atomic mass is 9.93. The molecule has 1 fully saturated rings. The molecule has 0 aromatic heterocycles. The second-order valence-corrected chi connectivity index (χ2v) is 18.9. The minimum absolute atomic E-state index is 0.0398. The first-order valence-corrected chi connectivity index (χ1v) is 18.5. The van der Waals surface area contributed by atoms with E-state index in [4.69, 9.17) is 4.43 Å². The van der Waals surface area contributed by atoms with Crippen molar-refractivity contribution < 1.29 is 19.4 Å². The second-order valence-electron chi connectivity index (χ2n) is 14.1. The molecule has 3 rings (SSSR count). The fraction of sp³-hybridized carbons (Fsp3) is 0.618. The molecular formula is C34H55N3O4Si. The van der Waals surface area contributed by atoms with Crippen LogP contribution >= 0.6 is 0 Å². The molecule has 2 aromatic carbocycles. The van der Waals surface area contributed by atoms with Crippen molar-refractivity contribution >= 4 is 14.2 Å². The highest BCUT2D eigenvalue weighted by Gasteiger charge is 2.39. The van der Waals surface area contributed by atoms with Gasteiger partial charge in [0.05, 0.1) is 19.1 Å². The van der Waals surface area contributed by atoms with E-state index in [-0.39, 0.29) is 34.9 Å². The van der Waals surface area contributed by atoms with Crippen LogP contribution in [-0.4, -0.2) is 67.6 Å². The standard InChI is InChI=1S/C34H55N3O4Si/c1-33(2,3)42(6,7)41-31(28-14-15-30(39)29(22-28)25-38)24-36-34(4,5)23-27-13-10-12-26(20-27)21-32(40)35-16-11-19-37-17-8-9-18-37/h10,12-15,20,22,31,36,38-39H,8-9,11,16-19,21,23-25H2,1-7H3,(H,35,40)/t31-/m0/s1. The summed E-state index contributed by atoms with van der Waals surface area (Å²) < 4.78 is 6.87. The van der Waals surface area contributed by atoms with Gasteiger partial charge in [-0.05, 0) is 106 Å². The Bertz CT molecular complexity index is 1160. The first kappa shape index (κ1) is 34.3. The number of aliphatic hydroxyl groups is 1. The van der Waals surface area contributed by atoms with Gasteiger partial charge in [0.2, 0.25) is 5.91 Å². The first-order chi connectivity index (χ1) is 19.7. The maximum Gasteiger partial charge on any atom is 0.224 e. The number of phenols is 1. The topological polar surface area (TPSA) is 94.1 Å². The molecule has 0 spiro atoms. The molecule has 1 saturated heterocycles. The fourth-order valence-electron chi connectivity index (χ4n) is 5.27. The van der Waals surface area contributed by atoms with Crippen LogP contribution in [0.4, 0.5) is 0 Å². The van der Waals surface area contributed by atoms with E-state index in [1.807, 2.05) is 24.3 Å². The van der Waals surface area contributed by atoms with Gasteiger partial charge in [-0.1, -0.05) is 51.1 Å². The number of amides is 1. The quantitative estimate of drug-likeness (QED) is 0.155. The molecule has 8 heteroatoms. The summed E-state index contributed by atoms with van der Waals surface area (Å²) in [5, 5.41) is 26.8. The van der Waals surface area contributed by atoms with Crippen molar-refractivity contribution in [3.63, 3.8) is 0 Å². The summed E-state index contributed by atoms with van der Waals surface area (Å²) in [6.07, 6.45) is 4.55. The molecular weight excluding hydrogens is 542 g/mol. The number of likely N-dealkylation sites (tertiary alicyclic amines) is 1. The number of rotatable bonds is 15. The predicted molar refractivity (Wildman–Crippen MR) is 174 cm³/mol. The zero-order chi connectivity index (χ0) is 31.0. The van der Waals surface area contributed by atoms with Gasteiger partial charge in [0, 0.05) is 24.2 Å². The van der Waals surface area contributed by atoms with Gasteiger partial charge in [-0.25, -0.2) is 0 Å². The lowest BCUT2D eigenvalue weighted by molar-refractivity contribution is -0.120. The van der Waals surface area contributed by atoms with Gasteiger partial charge in [0.1, 0.15) is 5.75 Å². The third kappa shape index (κ3) is 10.5. The molecule has 4 N–H and O–H groups in total. The van der Waals surface area contributed by atoms with E-state index < -0.39 is 8.32 Å². The molecule has 1 atom stereocenters. The number of carbonyl (C=O) groups excluding carboxylic acids is 1. The molecule has 7 nitrogen and oxygen atoms in total. The third-order valence-electron chi connectivity index (χ3n) is 8.83. The molecule has 1 aliphatic rings. The highest BCUT2D eigenvalue weighted by atomic mass is 28.4. The van der Waals surface area contributed by atoms with Crippen molar-refractivity contribution in [3.05, 3.63) is 64.7 Å². The second kappa shape index (κ2) is 15.0. The molecule has 2 aromatic rings. The van der Waals surface area contributed by atoms with E-state index in [1.54, 1.807) is 6.07 Å². The number of nitrogens with one attached hydrogen (secondary N) is 2. The van der Waals surface area contributed by atoms with E-state index in [2.05, 4.69) is 75.4 Å². The summed E-state index contributed by atoms with van der Waals surface area (Å²) in [7, 11) is -2.11. The van der Waals surface area contributed by atoms with Crippen LogP contribution in [0.15, 0.2) is 42.5 Å². The summed E-state index contributed by atoms with van der Waals surface area (Å²) in [5.41, 5.74) is 3.42. The Kier molecular flexibility index (Phi) is 12.2. The summed E-state index contributed by atoms with van der Waals surface area (Å²) in [6.45, 7) is 20.1. The molecule has 0 saturated carbocycles. The van der Waals surface area contributed by atoms with E-state index in [9.17, 15) is 15.0 Å². The number of aliphatic hydroxyl groups excluding tert-OH is 1. The molecule has 0 unspecified atom stereocenters. The number of benzene rings is 2. The van der Waals surface area contributed by atoms with Crippen LogP contribution in [0.1, 0.15) is 82.2 Å². The van der Waals surface area contributed by atoms with Crippen LogP contribution in [0.3, 0.4) is 0 Å². The first-order valence-electron chi connectivity index (χ1n) is 15.6. The minimum Gasteiger partial charge on any atom is -0.508 e. The zero-order valence-corrected chi connectivity index (χ0v) is 28.1. The van der Waals surface area contributed by atoms with Gasteiger partial charge < -0.3 is 30.2 Å². The van der Waals surface area contributed by atoms with E-state index in [1.165, 1.54) is 31.5 Å². The lowest BCUT2D eigenvalue weighted by Gasteiger charge is -2.40. The highest BCUT2D eigenvalue weighted by Crippen LogP contribution is 2.40. The van der Waals surface area contributed by atoms with Gasteiger partial charge in [-0.15, -0.1) is 0 Å². The van der Waals surface area contributed by atoms with Crippen molar-refractivity contribution in [3.8, 4) is 5.75 Å². The summed E-state index contributed by atoms with van der Waals surface area (Å²) in [6, 6.07) is 13.7. The number of nitrogens with zero attached hydrogens (tertiary/aromatic N) is 1. The highest BCUT2D eigenvalue weighted by molar-refractivity contribution is 6.74. The van der Waals surface area contributed by atoms with Crippen LogP contribution in [0, 0.1) is 0 Å². The average molecular weight is 598 g/mol. The van der Waals surface area contributed by atoms with Crippen LogP contribution in [-0.2, 0) is 28.7 Å². The summed E-state index contributed by atoms with van der Waals surface area (Å²) >= 11 is 0.